The lowest BCUT2D eigenvalue weighted by molar-refractivity contribution is 0.0964. The van der Waals surface area contributed by atoms with Gasteiger partial charge in [-0.3, -0.25) is 14.3 Å². The van der Waals surface area contributed by atoms with Crippen molar-refractivity contribution in [1.29, 1.82) is 0 Å². The fraction of sp³-hybridized carbons (Fsp3) is 0.0714. The molecule has 6 heteroatoms. The fourth-order valence-corrected chi connectivity index (χ4v) is 2.09. The highest BCUT2D eigenvalue weighted by Crippen LogP contribution is 2.20. The Bertz CT molecular complexity index is 793. The number of carbonyl (C=O) groups excluding carboxylic acids is 1. The SMILES string of the molecule is NCc1cc(C(=O)n2cnc3c(N)cccc32)ccn1. The zero-order valence-corrected chi connectivity index (χ0v) is 10.7. The maximum Gasteiger partial charge on any atom is 0.263 e. The molecule has 20 heavy (non-hydrogen) atoms. The topological polar surface area (TPSA) is 99.8 Å². The molecule has 1 aromatic carbocycles. The number of imidazole rings is 1. The molecule has 0 saturated carbocycles. The molecule has 0 aliphatic heterocycles. The predicted octanol–water partition coefficient (Wildman–Crippen LogP) is 1.16. The number of hydrogen-bond donors (Lipinski definition) is 2. The number of fused-ring (bicyclic) bond motifs is 1. The molecule has 0 spiro atoms. The third-order valence-electron chi connectivity index (χ3n) is 3.10. The van der Waals surface area contributed by atoms with E-state index >= 15 is 0 Å². The number of nitrogens with two attached hydrogens (primary N) is 2. The summed E-state index contributed by atoms with van der Waals surface area (Å²) in [5, 5.41) is 0. The molecule has 6 nitrogen and oxygen atoms in total. The summed E-state index contributed by atoms with van der Waals surface area (Å²) in [6.07, 6.45) is 3.05. The Morgan fingerprint density at radius 3 is 2.90 bits per heavy atom. The van der Waals surface area contributed by atoms with E-state index in [0.717, 1.165) is 0 Å². The summed E-state index contributed by atoms with van der Waals surface area (Å²) in [5.74, 6) is -0.185. The summed E-state index contributed by atoms with van der Waals surface area (Å²) in [6, 6.07) is 8.69. The van der Waals surface area contributed by atoms with Gasteiger partial charge in [-0.1, -0.05) is 6.07 Å². The maximum absolute atomic E-state index is 12.5. The van der Waals surface area contributed by atoms with E-state index in [2.05, 4.69) is 9.97 Å². The second-order valence-corrected chi connectivity index (χ2v) is 4.37. The summed E-state index contributed by atoms with van der Waals surface area (Å²) in [7, 11) is 0. The minimum Gasteiger partial charge on any atom is -0.397 e. The standard InChI is InChI=1S/C14H13N5O/c15-7-10-6-9(4-5-17-10)14(20)19-8-18-13-11(16)2-1-3-12(13)19/h1-6,8H,7,15-16H2. The summed E-state index contributed by atoms with van der Waals surface area (Å²) >= 11 is 0. The Labute approximate surface area is 115 Å². The van der Waals surface area contributed by atoms with Crippen molar-refractivity contribution in [1.82, 2.24) is 14.5 Å². The van der Waals surface area contributed by atoms with Crippen LogP contribution < -0.4 is 11.5 Å². The molecule has 0 fully saturated rings. The molecular weight excluding hydrogens is 254 g/mol. The Morgan fingerprint density at radius 1 is 1.25 bits per heavy atom. The number of para-hydroxylation sites is 1. The quantitative estimate of drug-likeness (QED) is 0.679. The highest BCUT2D eigenvalue weighted by molar-refractivity contribution is 6.02. The summed E-state index contributed by atoms with van der Waals surface area (Å²) in [4.78, 5) is 20.8. The van der Waals surface area contributed by atoms with Crippen LogP contribution in [0, 0.1) is 0 Å². The first-order valence-electron chi connectivity index (χ1n) is 6.12. The third kappa shape index (κ3) is 1.92. The van der Waals surface area contributed by atoms with E-state index in [1.165, 1.54) is 10.9 Å². The zero-order valence-electron chi connectivity index (χ0n) is 10.7. The van der Waals surface area contributed by atoms with Crippen molar-refractivity contribution in [3.63, 3.8) is 0 Å². The van der Waals surface area contributed by atoms with Gasteiger partial charge in [0, 0.05) is 18.3 Å². The van der Waals surface area contributed by atoms with Crippen molar-refractivity contribution >= 4 is 22.6 Å². The highest BCUT2D eigenvalue weighted by Gasteiger charge is 2.13. The zero-order chi connectivity index (χ0) is 14.1. The smallest absolute Gasteiger partial charge is 0.263 e. The molecule has 2 aromatic heterocycles. The molecule has 0 radical (unpaired) electrons. The summed E-state index contributed by atoms with van der Waals surface area (Å²) in [5.41, 5.74) is 14.4. The lowest BCUT2D eigenvalue weighted by atomic mass is 10.2. The predicted molar refractivity (Wildman–Crippen MR) is 76.0 cm³/mol. The number of aromatic nitrogens is 3. The number of nitrogens with zero attached hydrogens (tertiary/aromatic N) is 3. The van der Waals surface area contributed by atoms with Crippen molar-refractivity contribution < 1.29 is 4.79 Å². The summed E-state index contributed by atoms with van der Waals surface area (Å²) < 4.78 is 1.47. The van der Waals surface area contributed by atoms with Gasteiger partial charge in [0.05, 0.1) is 16.9 Å². The fourth-order valence-electron chi connectivity index (χ4n) is 2.09. The van der Waals surface area contributed by atoms with Gasteiger partial charge in [0.25, 0.3) is 5.91 Å². The normalized spacial score (nSPS) is 10.8. The lowest BCUT2D eigenvalue weighted by Crippen LogP contribution is -2.12. The van der Waals surface area contributed by atoms with Crippen molar-refractivity contribution in [2.45, 2.75) is 6.54 Å². The van der Waals surface area contributed by atoms with E-state index in [0.29, 0.717) is 34.5 Å². The van der Waals surface area contributed by atoms with Gasteiger partial charge in [-0.15, -0.1) is 0 Å². The lowest BCUT2D eigenvalue weighted by Gasteiger charge is -2.04. The molecule has 0 saturated heterocycles. The van der Waals surface area contributed by atoms with Crippen LogP contribution in [0.25, 0.3) is 11.0 Å². The molecule has 0 aliphatic carbocycles. The van der Waals surface area contributed by atoms with Crippen molar-refractivity contribution in [3.8, 4) is 0 Å². The van der Waals surface area contributed by atoms with E-state index in [4.69, 9.17) is 11.5 Å². The summed E-state index contributed by atoms with van der Waals surface area (Å²) in [6.45, 7) is 0.290. The molecule has 3 aromatic rings. The van der Waals surface area contributed by atoms with Crippen LogP contribution in [0.3, 0.4) is 0 Å². The first-order chi connectivity index (χ1) is 9.70. The second-order valence-electron chi connectivity index (χ2n) is 4.37. The molecule has 0 unspecified atom stereocenters. The van der Waals surface area contributed by atoms with Crippen LogP contribution in [-0.2, 0) is 6.54 Å². The molecule has 0 aliphatic rings. The number of anilines is 1. The van der Waals surface area contributed by atoms with Crippen molar-refractivity contribution in [2.75, 3.05) is 5.73 Å². The largest absolute Gasteiger partial charge is 0.397 e. The first-order valence-corrected chi connectivity index (χ1v) is 6.12. The van der Waals surface area contributed by atoms with E-state index < -0.39 is 0 Å². The number of carbonyl (C=O) groups is 1. The average molecular weight is 267 g/mol. The molecule has 3 rings (SSSR count). The van der Waals surface area contributed by atoms with Crippen LogP contribution in [0.15, 0.2) is 42.9 Å². The Hall–Kier alpha value is -2.73. The van der Waals surface area contributed by atoms with Gasteiger partial charge in [0.1, 0.15) is 11.8 Å². The molecule has 4 N–H and O–H groups in total. The van der Waals surface area contributed by atoms with Gasteiger partial charge in [-0.2, -0.15) is 0 Å². The van der Waals surface area contributed by atoms with Gasteiger partial charge in [0.2, 0.25) is 0 Å². The first kappa shape index (κ1) is 12.3. The van der Waals surface area contributed by atoms with Crippen LogP contribution in [0.1, 0.15) is 16.1 Å². The number of nitrogen functional groups attached to an aromatic ring is 1. The monoisotopic (exact) mass is 267 g/mol. The van der Waals surface area contributed by atoms with Gasteiger partial charge < -0.3 is 11.5 Å². The van der Waals surface area contributed by atoms with Crippen molar-refractivity contribution in [3.05, 3.63) is 54.1 Å². The minimum absolute atomic E-state index is 0.185. The average Bonchev–Trinajstić information content (AvgIpc) is 2.92. The molecule has 2 heterocycles. The number of hydrogen-bond acceptors (Lipinski definition) is 5. The van der Waals surface area contributed by atoms with Gasteiger partial charge >= 0.3 is 0 Å². The van der Waals surface area contributed by atoms with Gasteiger partial charge in [-0.25, -0.2) is 4.98 Å². The molecule has 0 amide bonds. The molecule has 100 valence electrons. The maximum atomic E-state index is 12.5. The Kier molecular flexibility index (Phi) is 2.92. The van der Waals surface area contributed by atoms with E-state index in [-0.39, 0.29) is 5.91 Å². The molecule has 0 atom stereocenters. The molecular formula is C14H13N5O. The number of pyridine rings is 1. The van der Waals surface area contributed by atoms with Crippen molar-refractivity contribution in [2.24, 2.45) is 5.73 Å². The van der Waals surface area contributed by atoms with E-state index in [1.54, 1.807) is 30.5 Å². The Morgan fingerprint density at radius 2 is 2.10 bits per heavy atom. The van der Waals surface area contributed by atoms with Gasteiger partial charge in [-0.05, 0) is 24.3 Å². The van der Waals surface area contributed by atoms with Crippen LogP contribution in [-0.4, -0.2) is 20.4 Å². The van der Waals surface area contributed by atoms with Crippen LogP contribution >= 0.6 is 0 Å². The van der Waals surface area contributed by atoms with Crippen LogP contribution in [0.4, 0.5) is 5.69 Å². The molecule has 0 bridgehead atoms. The number of rotatable bonds is 2. The van der Waals surface area contributed by atoms with E-state index in [1.807, 2.05) is 6.07 Å². The minimum atomic E-state index is -0.185. The number of benzene rings is 1. The van der Waals surface area contributed by atoms with E-state index in [9.17, 15) is 4.79 Å². The van der Waals surface area contributed by atoms with Gasteiger partial charge in [0.15, 0.2) is 0 Å². The Balaban J connectivity index is 2.10. The highest BCUT2D eigenvalue weighted by atomic mass is 16.2. The second kappa shape index (κ2) is 4.75. The van der Waals surface area contributed by atoms with Crippen LogP contribution in [0.5, 0.6) is 0 Å². The van der Waals surface area contributed by atoms with Crippen LogP contribution in [0.2, 0.25) is 0 Å². The third-order valence-corrected chi connectivity index (χ3v) is 3.10.